The molecule has 0 aromatic carbocycles. The number of carbonyl (C=O) groups is 2. The maximum absolute atomic E-state index is 12.3. The molecule has 0 aliphatic rings. The highest BCUT2D eigenvalue weighted by molar-refractivity contribution is 7.08. The van der Waals surface area contributed by atoms with Gasteiger partial charge in [0.25, 0.3) is 5.91 Å². The van der Waals surface area contributed by atoms with E-state index in [0.717, 1.165) is 11.5 Å². The summed E-state index contributed by atoms with van der Waals surface area (Å²) in [6.07, 6.45) is 0. The first-order chi connectivity index (χ1) is 8.88. The molecule has 0 fully saturated rings. The minimum atomic E-state index is -0.359. The Kier molecular flexibility index (Phi) is 5.41. The van der Waals surface area contributed by atoms with Crippen LogP contribution in [0.3, 0.4) is 0 Å². The Morgan fingerprint density at radius 1 is 1.37 bits per heavy atom. The van der Waals surface area contributed by atoms with Crippen LogP contribution in [0.1, 0.15) is 42.1 Å². The molecule has 0 N–H and O–H groups in total. The first kappa shape index (κ1) is 15.6. The first-order valence-electron chi connectivity index (χ1n) is 6.04. The Morgan fingerprint density at radius 2 is 2.00 bits per heavy atom. The molecule has 1 aromatic heterocycles. The molecule has 0 radical (unpaired) electrons. The molecule has 1 rings (SSSR count). The predicted molar refractivity (Wildman–Crippen MR) is 72.1 cm³/mol. The number of amides is 1. The van der Waals surface area contributed by atoms with E-state index in [0.29, 0.717) is 17.1 Å². The summed E-state index contributed by atoms with van der Waals surface area (Å²) in [6, 6.07) is 0. The Balaban J connectivity index is 2.77. The van der Waals surface area contributed by atoms with Gasteiger partial charge in [-0.25, -0.2) is 0 Å². The van der Waals surface area contributed by atoms with Crippen molar-refractivity contribution in [2.45, 2.75) is 26.7 Å². The van der Waals surface area contributed by atoms with Crippen LogP contribution in [-0.4, -0.2) is 47.1 Å². The second-order valence-electron chi connectivity index (χ2n) is 4.75. The zero-order valence-electron chi connectivity index (χ0n) is 11.8. The third-order valence-corrected chi connectivity index (χ3v) is 3.48. The van der Waals surface area contributed by atoms with Crippen LogP contribution < -0.4 is 0 Å². The number of hydrogen-bond donors (Lipinski definition) is 0. The van der Waals surface area contributed by atoms with Crippen molar-refractivity contribution in [3.8, 4) is 0 Å². The quantitative estimate of drug-likeness (QED) is 0.767. The molecule has 0 bridgehead atoms. The maximum atomic E-state index is 12.3. The molecule has 1 amide bonds. The van der Waals surface area contributed by atoms with Gasteiger partial charge >= 0.3 is 5.97 Å². The summed E-state index contributed by atoms with van der Waals surface area (Å²) >= 11 is 1.09. The van der Waals surface area contributed by atoms with Crippen molar-refractivity contribution in [2.75, 3.05) is 20.7 Å². The van der Waals surface area contributed by atoms with Gasteiger partial charge in [-0.15, -0.1) is 5.10 Å². The molecule has 0 spiro atoms. The number of nitrogens with zero attached hydrogens (tertiary/aromatic N) is 3. The topological polar surface area (TPSA) is 72.4 Å². The maximum Gasteiger partial charge on any atom is 0.310 e. The molecule has 19 heavy (non-hydrogen) atoms. The van der Waals surface area contributed by atoms with Gasteiger partial charge in [0.2, 0.25) is 0 Å². The zero-order chi connectivity index (χ0) is 14.6. The predicted octanol–water partition coefficient (Wildman–Crippen LogP) is 1.54. The Hall–Kier alpha value is -1.50. The molecular formula is C12H19N3O3S. The molecule has 7 heteroatoms. The van der Waals surface area contributed by atoms with Crippen molar-refractivity contribution in [1.29, 1.82) is 0 Å². The van der Waals surface area contributed by atoms with Gasteiger partial charge in [0.05, 0.1) is 18.7 Å². The highest BCUT2D eigenvalue weighted by Crippen LogP contribution is 2.21. The summed E-state index contributed by atoms with van der Waals surface area (Å²) in [5.41, 5.74) is 0.701. The summed E-state index contributed by atoms with van der Waals surface area (Å²) in [5, 5.41) is 3.98. The third-order valence-electron chi connectivity index (χ3n) is 2.75. The minimum absolute atomic E-state index is 0.143. The average Bonchev–Trinajstić information content (AvgIpc) is 2.85. The van der Waals surface area contributed by atoms with Crippen molar-refractivity contribution in [1.82, 2.24) is 14.5 Å². The Bertz CT molecular complexity index is 459. The molecule has 0 saturated heterocycles. The SMILES string of the molecule is COC(=O)C(C)CN(C)C(=O)c1snnc1C(C)C. The summed E-state index contributed by atoms with van der Waals surface area (Å²) in [4.78, 5) is 25.7. The molecular weight excluding hydrogens is 266 g/mol. The normalized spacial score (nSPS) is 12.3. The number of esters is 1. The van der Waals surface area contributed by atoms with E-state index in [4.69, 9.17) is 0 Å². The van der Waals surface area contributed by atoms with Gasteiger partial charge in [-0.2, -0.15) is 0 Å². The lowest BCUT2D eigenvalue weighted by atomic mass is 10.1. The monoisotopic (exact) mass is 285 g/mol. The first-order valence-corrected chi connectivity index (χ1v) is 6.81. The number of rotatable bonds is 5. The van der Waals surface area contributed by atoms with E-state index in [2.05, 4.69) is 14.3 Å². The Labute approximate surface area is 116 Å². The van der Waals surface area contributed by atoms with E-state index < -0.39 is 0 Å². The van der Waals surface area contributed by atoms with Crippen molar-refractivity contribution in [3.05, 3.63) is 10.6 Å². The van der Waals surface area contributed by atoms with Gasteiger partial charge < -0.3 is 9.64 Å². The summed E-state index contributed by atoms with van der Waals surface area (Å²) < 4.78 is 8.48. The lowest BCUT2D eigenvalue weighted by molar-refractivity contribution is -0.145. The van der Waals surface area contributed by atoms with Crippen LogP contribution >= 0.6 is 11.5 Å². The molecule has 106 valence electrons. The van der Waals surface area contributed by atoms with Crippen LogP contribution in [0.2, 0.25) is 0 Å². The molecule has 1 unspecified atom stereocenters. The van der Waals surface area contributed by atoms with Crippen molar-refractivity contribution in [3.63, 3.8) is 0 Å². The molecule has 1 heterocycles. The van der Waals surface area contributed by atoms with Crippen molar-refractivity contribution < 1.29 is 14.3 Å². The lowest BCUT2D eigenvalue weighted by Gasteiger charge is -2.20. The van der Waals surface area contributed by atoms with Crippen LogP contribution in [0.25, 0.3) is 0 Å². The van der Waals surface area contributed by atoms with Crippen molar-refractivity contribution >= 4 is 23.4 Å². The van der Waals surface area contributed by atoms with Crippen LogP contribution in [0.5, 0.6) is 0 Å². The molecule has 0 aliphatic heterocycles. The number of hydrogen-bond acceptors (Lipinski definition) is 6. The van der Waals surface area contributed by atoms with Gasteiger partial charge in [-0.1, -0.05) is 25.3 Å². The Morgan fingerprint density at radius 3 is 2.53 bits per heavy atom. The summed E-state index contributed by atoms with van der Waals surface area (Å²) in [7, 11) is 3.00. The summed E-state index contributed by atoms with van der Waals surface area (Å²) in [5.74, 6) is -0.702. The number of aromatic nitrogens is 2. The van der Waals surface area contributed by atoms with E-state index in [1.54, 1.807) is 14.0 Å². The summed E-state index contributed by atoms with van der Waals surface area (Å²) in [6.45, 7) is 5.96. The largest absolute Gasteiger partial charge is 0.469 e. The number of ether oxygens (including phenoxy) is 1. The molecule has 0 aliphatic carbocycles. The number of carbonyl (C=O) groups excluding carboxylic acids is 2. The van der Waals surface area contributed by atoms with Crippen LogP contribution in [0.15, 0.2) is 0 Å². The van der Waals surface area contributed by atoms with Crippen LogP contribution in [-0.2, 0) is 9.53 Å². The van der Waals surface area contributed by atoms with E-state index in [-0.39, 0.29) is 23.7 Å². The number of methoxy groups -OCH3 is 1. The van der Waals surface area contributed by atoms with Gasteiger partial charge in [0, 0.05) is 13.6 Å². The second-order valence-corrected chi connectivity index (χ2v) is 5.51. The van der Waals surface area contributed by atoms with Gasteiger partial charge in [0.1, 0.15) is 4.88 Å². The smallest absolute Gasteiger partial charge is 0.310 e. The van der Waals surface area contributed by atoms with Crippen LogP contribution in [0, 0.1) is 5.92 Å². The average molecular weight is 285 g/mol. The van der Waals surface area contributed by atoms with Crippen LogP contribution in [0.4, 0.5) is 0 Å². The minimum Gasteiger partial charge on any atom is -0.469 e. The van der Waals surface area contributed by atoms with Gasteiger partial charge in [0.15, 0.2) is 0 Å². The van der Waals surface area contributed by atoms with Crippen molar-refractivity contribution in [2.24, 2.45) is 5.92 Å². The lowest BCUT2D eigenvalue weighted by Crippen LogP contribution is -2.34. The fourth-order valence-electron chi connectivity index (χ4n) is 1.67. The standard InChI is InChI=1S/C12H19N3O3S/c1-7(2)9-10(19-14-13-9)11(16)15(4)6-8(3)12(17)18-5/h7-8H,6H2,1-5H3. The van der Waals surface area contributed by atoms with E-state index in [1.165, 1.54) is 12.0 Å². The molecule has 6 nitrogen and oxygen atoms in total. The third kappa shape index (κ3) is 3.73. The fraction of sp³-hybridized carbons (Fsp3) is 0.667. The van der Waals surface area contributed by atoms with E-state index in [9.17, 15) is 9.59 Å². The highest BCUT2D eigenvalue weighted by atomic mass is 32.1. The van der Waals surface area contributed by atoms with E-state index in [1.807, 2.05) is 13.8 Å². The van der Waals surface area contributed by atoms with E-state index >= 15 is 0 Å². The molecule has 0 saturated carbocycles. The zero-order valence-corrected chi connectivity index (χ0v) is 12.7. The fourth-order valence-corrected chi connectivity index (χ4v) is 2.48. The second kappa shape index (κ2) is 6.60. The molecule has 1 aromatic rings. The highest BCUT2D eigenvalue weighted by Gasteiger charge is 2.24. The van der Waals surface area contributed by atoms with Gasteiger partial charge in [-0.05, 0) is 17.5 Å². The molecule has 1 atom stereocenters. The van der Waals surface area contributed by atoms with Gasteiger partial charge in [-0.3, -0.25) is 9.59 Å².